The van der Waals surface area contributed by atoms with Gasteiger partial charge in [0.25, 0.3) is 5.56 Å². The Kier molecular flexibility index (Phi) is 6.40. The summed E-state index contributed by atoms with van der Waals surface area (Å²) < 4.78 is 15.3. The highest BCUT2D eigenvalue weighted by Gasteiger charge is 2.20. The third-order valence-corrected chi connectivity index (χ3v) is 6.01. The van der Waals surface area contributed by atoms with Gasteiger partial charge in [-0.25, -0.2) is 14.4 Å². The summed E-state index contributed by atoms with van der Waals surface area (Å²) in [4.78, 5) is 35.6. The number of halogens is 2. The van der Waals surface area contributed by atoms with Crippen molar-refractivity contribution >= 4 is 28.8 Å². The Balaban J connectivity index is 1.67. The van der Waals surface area contributed by atoms with Crippen LogP contribution in [-0.4, -0.2) is 20.9 Å². The molecule has 1 fully saturated rings. The molecular weight excluding hydrogens is 451 g/mol. The normalized spacial score (nSPS) is 13.0. The van der Waals surface area contributed by atoms with Crippen molar-refractivity contribution < 1.29 is 9.18 Å². The maximum atomic E-state index is 15.3. The van der Waals surface area contributed by atoms with Crippen molar-refractivity contribution in [3.8, 4) is 33.9 Å². The molecule has 164 valence electrons. The van der Waals surface area contributed by atoms with Crippen LogP contribution in [0.1, 0.15) is 37.9 Å². The summed E-state index contributed by atoms with van der Waals surface area (Å²) in [6.07, 6.45) is 2.24. The van der Waals surface area contributed by atoms with Crippen LogP contribution in [0.4, 0.5) is 4.39 Å². The van der Waals surface area contributed by atoms with E-state index in [0.717, 1.165) is 12.8 Å². The Morgan fingerprint density at radius 3 is 2.88 bits per heavy atom. The number of amides is 1. The van der Waals surface area contributed by atoms with Crippen molar-refractivity contribution in [2.75, 3.05) is 0 Å². The molecule has 0 bridgehead atoms. The number of hydrogen-bond donors (Lipinski definition) is 2. The standard InChI is InChI=1S/C23H20ClFN4O2S/c1-12(2)22(31)26-10-14-6-8-16(24)19(20(14)25)21-28-17(9-18(30)29-21)23-27-15(11-32-23)7-5-13-3-4-13/h6,8-9,11-13H,3-4,10H2,1-2H3,(H,26,31)(H,28,29,30). The minimum atomic E-state index is -0.656. The van der Waals surface area contributed by atoms with Crippen LogP contribution in [0.2, 0.25) is 5.02 Å². The molecule has 2 aromatic heterocycles. The Bertz CT molecular complexity index is 1300. The van der Waals surface area contributed by atoms with Gasteiger partial charge in [0, 0.05) is 35.4 Å². The number of thiazole rings is 1. The zero-order chi connectivity index (χ0) is 22.8. The average molecular weight is 471 g/mol. The number of nitrogens with zero attached hydrogens (tertiary/aromatic N) is 2. The van der Waals surface area contributed by atoms with Gasteiger partial charge in [0.15, 0.2) is 0 Å². The highest BCUT2D eigenvalue weighted by molar-refractivity contribution is 7.13. The van der Waals surface area contributed by atoms with Crippen LogP contribution in [-0.2, 0) is 11.3 Å². The SMILES string of the molecule is CC(C)C(=O)NCc1ccc(Cl)c(-c2nc(-c3nc(C#CC4CC4)cs3)cc(=O)[nH]2)c1F. The van der Waals surface area contributed by atoms with Crippen LogP contribution >= 0.6 is 22.9 Å². The van der Waals surface area contributed by atoms with Crippen LogP contribution in [0, 0.1) is 29.5 Å². The molecule has 32 heavy (non-hydrogen) atoms. The lowest BCUT2D eigenvalue weighted by molar-refractivity contribution is -0.124. The van der Waals surface area contributed by atoms with Crippen molar-refractivity contribution in [1.29, 1.82) is 0 Å². The summed E-state index contributed by atoms with van der Waals surface area (Å²) in [5, 5.41) is 5.08. The first-order valence-electron chi connectivity index (χ1n) is 10.2. The quantitative estimate of drug-likeness (QED) is 0.541. The maximum absolute atomic E-state index is 15.3. The van der Waals surface area contributed by atoms with Gasteiger partial charge in [0.1, 0.15) is 28.0 Å². The Labute approximate surface area is 193 Å². The highest BCUT2D eigenvalue weighted by Crippen LogP contribution is 2.32. The van der Waals surface area contributed by atoms with Gasteiger partial charge in [-0.2, -0.15) is 0 Å². The molecule has 2 N–H and O–H groups in total. The zero-order valence-electron chi connectivity index (χ0n) is 17.5. The van der Waals surface area contributed by atoms with E-state index in [1.54, 1.807) is 19.2 Å². The van der Waals surface area contributed by atoms with E-state index >= 15 is 4.39 Å². The molecule has 1 aromatic carbocycles. The fourth-order valence-corrected chi connectivity index (χ4v) is 3.82. The van der Waals surface area contributed by atoms with Crippen LogP contribution < -0.4 is 10.9 Å². The molecule has 1 saturated carbocycles. The number of benzene rings is 1. The largest absolute Gasteiger partial charge is 0.352 e. The van der Waals surface area contributed by atoms with Gasteiger partial charge in [0.2, 0.25) is 5.91 Å². The lowest BCUT2D eigenvalue weighted by Gasteiger charge is -2.12. The second kappa shape index (κ2) is 9.23. The molecule has 1 aliphatic carbocycles. The molecule has 0 aliphatic heterocycles. The summed E-state index contributed by atoms with van der Waals surface area (Å²) in [5.41, 5.74) is 0.667. The average Bonchev–Trinajstić information content (AvgIpc) is 3.46. The number of H-pyrrole nitrogens is 1. The minimum Gasteiger partial charge on any atom is -0.352 e. The van der Waals surface area contributed by atoms with E-state index in [-0.39, 0.29) is 40.3 Å². The lowest BCUT2D eigenvalue weighted by Crippen LogP contribution is -2.27. The smallest absolute Gasteiger partial charge is 0.251 e. The topological polar surface area (TPSA) is 87.7 Å². The van der Waals surface area contributed by atoms with Gasteiger partial charge in [-0.15, -0.1) is 11.3 Å². The van der Waals surface area contributed by atoms with Crippen molar-refractivity contribution in [1.82, 2.24) is 20.3 Å². The number of aromatic nitrogens is 3. The van der Waals surface area contributed by atoms with Crippen molar-refractivity contribution in [3.05, 3.63) is 56.0 Å². The van der Waals surface area contributed by atoms with Crippen molar-refractivity contribution in [2.45, 2.75) is 33.2 Å². The molecule has 1 aliphatic rings. The predicted octanol–water partition coefficient (Wildman–Crippen LogP) is 4.39. The summed E-state index contributed by atoms with van der Waals surface area (Å²) >= 11 is 7.57. The molecule has 0 spiro atoms. The summed E-state index contributed by atoms with van der Waals surface area (Å²) in [7, 11) is 0. The molecule has 2 heterocycles. The predicted molar refractivity (Wildman–Crippen MR) is 123 cm³/mol. The molecule has 0 saturated heterocycles. The van der Waals surface area contributed by atoms with Gasteiger partial charge < -0.3 is 10.3 Å². The monoisotopic (exact) mass is 470 g/mol. The second-order valence-corrected chi connectivity index (χ2v) is 9.09. The van der Waals surface area contributed by atoms with E-state index < -0.39 is 11.4 Å². The number of nitrogens with one attached hydrogen (secondary N) is 2. The fraction of sp³-hybridized carbons (Fsp3) is 0.304. The van der Waals surface area contributed by atoms with Crippen LogP contribution in [0.25, 0.3) is 22.1 Å². The lowest BCUT2D eigenvalue weighted by atomic mass is 10.1. The second-order valence-electron chi connectivity index (χ2n) is 7.83. The summed E-state index contributed by atoms with van der Waals surface area (Å²) in [5.74, 6) is 5.55. The van der Waals surface area contributed by atoms with Gasteiger partial charge in [0.05, 0.1) is 10.6 Å². The molecule has 1 amide bonds. The first-order valence-corrected chi connectivity index (χ1v) is 11.4. The molecule has 0 atom stereocenters. The van der Waals surface area contributed by atoms with Gasteiger partial charge in [-0.1, -0.05) is 37.4 Å². The number of rotatable bonds is 5. The number of carbonyl (C=O) groups is 1. The van der Waals surface area contributed by atoms with Crippen molar-refractivity contribution in [3.63, 3.8) is 0 Å². The van der Waals surface area contributed by atoms with E-state index in [1.165, 1.54) is 29.5 Å². The molecule has 0 radical (unpaired) electrons. The third kappa shape index (κ3) is 5.06. The Hall–Kier alpha value is -3.02. The number of aromatic amines is 1. The fourth-order valence-electron chi connectivity index (χ4n) is 2.87. The molecule has 0 unspecified atom stereocenters. The van der Waals surface area contributed by atoms with Crippen molar-refractivity contribution in [2.24, 2.45) is 11.8 Å². The summed E-state index contributed by atoms with van der Waals surface area (Å²) in [6.45, 7) is 3.49. The van der Waals surface area contributed by atoms with Crippen LogP contribution in [0.5, 0.6) is 0 Å². The molecule has 4 rings (SSSR count). The first kappa shape index (κ1) is 22.2. The van der Waals surface area contributed by atoms with Gasteiger partial charge in [-0.05, 0) is 24.8 Å². The highest BCUT2D eigenvalue weighted by atomic mass is 35.5. The van der Waals surface area contributed by atoms with Gasteiger partial charge >= 0.3 is 0 Å². The zero-order valence-corrected chi connectivity index (χ0v) is 19.0. The molecule has 6 nitrogen and oxygen atoms in total. The summed E-state index contributed by atoms with van der Waals surface area (Å²) in [6, 6.07) is 4.31. The van der Waals surface area contributed by atoms with Crippen LogP contribution in [0.15, 0.2) is 28.4 Å². The van der Waals surface area contributed by atoms with E-state index in [4.69, 9.17) is 11.6 Å². The maximum Gasteiger partial charge on any atom is 0.251 e. The van der Waals surface area contributed by atoms with Crippen LogP contribution in [0.3, 0.4) is 0 Å². The van der Waals surface area contributed by atoms with Gasteiger partial charge in [-0.3, -0.25) is 9.59 Å². The third-order valence-electron chi connectivity index (χ3n) is 4.83. The van der Waals surface area contributed by atoms with E-state index in [0.29, 0.717) is 22.3 Å². The molecule has 9 heteroatoms. The molecular formula is C23H20ClFN4O2S. The minimum absolute atomic E-state index is 0.00662. The number of hydrogen-bond acceptors (Lipinski definition) is 5. The Morgan fingerprint density at radius 1 is 1.38 bits per heavy atom. The Morgan fingerprint density at radius 2 is 2.16 bits per heavy atom. The first-order chi connectivity index (χ1) is 15.3. The van der Waals surface area contributed by atoms with E-state index in [9.17, 15) is 9.59 Å². The van der Waals surface area contributed by atoms with E-state index in [2.05, 4.69) is 32.1 Å². The molecule has 3 aromatic rings. The number of carbonyl (C=O) groups excluding carboxylic acids is 1. The van der Waals surface area contributed by atoms with E-state index in [1.807, 2.05) is 0 Å².